The van der Waals surface area contributed by atoms with Crippen molar-refractivity contribution in [2.24, 2.45) is 0 Å². The maximum absolute atomic E-state index is 13.1. The predicted molar refractivity (Wildman–Crippen MR) is 104 cm³/mol. The number of aliphatic hydroxyl groups is 1. The number of hydrogen-bond acceptors (Lipinski definition) is 4. The highest BCUT2D eigenvalue weighted by molar-refractivity contribution is 5.85. The van der Waals surface area contributed by atoms with Crippen molar-refractivity contribution < 1.29 is 14.6 Å². The van der Waals surface area contributed by atoms with E-state index in [1.807, 2.05) is 30.3 Å². The molecule has 3 fully saturated rings. The molecule has 1 aliphatic carbocycles. The van der Waals surface area contributed by atoms with Crippen molar-refractivity contribution in [3.8, 4) is 0 Å². The standard InChI is InChI=1S/C21H29NO3.ClH/c1-22-16-9-10-17(22)14-18(13-16)25-20(23)19(15-7-3-2-4-8-15)21(24)11-5-6-12-21;/h2-4,7-8,16-19,24H,5-6,9-14H2,1H3;1H/t16-,17+,18?,19?;. The van der Waals surface area contributed by atoms with Crippen molar-refractivity contribution in [1.82, 2.24) is 4.90 Å². The van der Waals surface area contributed by atoms with E-state index in [9.17, 15) is 9.90 Å². The van der Waals surface area contributed by atoms with Crippen LogP contribution in [0.3, 0.4) is 0 Å². The van der Waals surface area contributed by atoms with E-state index in [0.29, 0.717) is 24.9 Å². The second-order valence-corrected chi connectivity index (χ2v) is 8.24. The highest BCUT2D eigenvalue weighted by Crippen LogP contribution is 2.43. The third kappa shape index (κ3) is 3.64. The first-order valence-electron chi connectivity index (χ1n) is 9.76. The van der Waals surface area contributed by atoms with E-state index in [2.05, 4.69) is 11.9 Å². The van der Waals surface area contributed by atoms with E-state index in [1.54, 1.807) is 0 Å². The lowest BCUT2D eigenvalue weighted by Gasteiger charge is -2.38. The van der Waals surface area contributed by atoms with Crippen LogP contribution in [0.25, 0.3) is 0 Å². The Hall–Kier alpha value is -1.10. The van der Waals surface area contributed by atoms with Gasteiger partial charge in [0, 0.05) is 12.1 Å². The molecular formula is C21H30ClNO3. The van der Waals surface area contributed by atoms with Crippen molar-refractivity contribution in [3.05, 3.63) is 35.9 Å². The third-order valence-corrected chi connectivity index (χ3v) is 6.71. The number of rotatable bonds is 4. The lowest BCUT2D eigenvalue weighted by molar-refractivity contribution is -0.161. The normalized spacial score (nSPS) is 31.2. The molecule has 1 aromatic rings. The van der Waals surface area contributed by atoms with Gasteiger partial charge in [-0.1, -0.05) is 43.2 Å². The van der Waals surface area contributed by atoms with Gasteiger partial charge in [-0.15, -0.1) is 12.4 Å². The second-order valence-electron chi connectivity index (χ2n) is 8.24. The van der Waals surface area contributed by atoms with Gasteiger partial charge < -0.3 is 14.7 Å². The molecule has 3 aliphatic rings. The monoisotopic (exact) mass is 379 g/mol. The number of hydrogen-bond donors (Lipinski definition) is 1. The summed E-state index contributed by atoms with van der Waals surface area (Å²) in [6.07, 6.45) is 7.59. The number of piperidine rings is 1. The maximum atomic E-state index is 13.1. The zero-order chi connectivity index (χ0) is 17.4. The minimum absolute atomic E-state index is 0. The summed E-state index contributed by atoms with van der Waals surface area (Å²) in [5.41, 5.74) is -0.0733. The van der Waals surface area contributed by atoms with E-state index in [1.165, 1.54) is 12.8 Å². The van der Waals surface area contributed by atoms with Crippen molar-refractivity contribution in [1.29, 1.82) is 0 Å². The molecule has 0 amide bonds. The molecule has 0 radical (unpaired) electrons. The van der Waals surface area contributed by atoms with Crippen LogP contribution in [-0.2, 0) is 9.53 Å². The van der Waals surface area contributed by atoms with Crippen molar-refractivity contribution >= 4 is 18.4 Å². The molecule has 26 heavy (non-hydrogen) atoms. The molecule has 2 saturated heterocycles. The lowest BCUT2D eigenvalue weighted by Crippen LogP contribution is -2.45. The molecule has 2 unspecified atom stereocenters. The number of nitrogens with zero attached hydrogens (tertiary/aromatic N) is 1. The zero-order valence-corrected chi connectivity index (χ0v) is 16.3. The molecule has 2 aliphatic heterocycles. The molecule has 0 spiro atoms. The van der Waals surface area contributed by atoms with Gasteiger partial charge in [-0.05, 0) is 51.1 Å². The van der Waals surface area contributed by atoms with Crippen LogP contribution in [0.1, 0.15) is 62.8 Å². The number of fused-ring (bicyclic) bond motifs is 2. The van der Waals surface area contributed by atoms with Gasteiger partial charge >= 0.3 is 5.97 Å². The molecule has 1 saturated carbocycles. The molecular weight excluding hydrogens is 350 g/mol. The van der Waals surface area contributed by atoms with Gasteiger partial charge in [-0.2, -0.15) is 0 Å². The van der Waals surface area contributed by atoms with Crippen molar-refractivity contribution in [3.63, 3.8) is 0 Å². The number of ether oxygens (including phenoxy) is 1. The van der Waals surface area contributed by atoms with Crippen molar-refractivity contribution in [2.75, 3.05) is 7.05 Å². The number of benzene rings is 1. The van der Waals surface area contributed by atoms with Crippen LogP contribution in [0, 0.1) is 0 Å². The predicted octanol–water partition coefficient (Wildman–Crippen LogP) is 3.67. The lowest BCUT2D eigenvalue weighted by atomic mass is 9.80. The summed E-state index contributed by atoms with van der Waals surface area (Å²) < 4.78 is 5.99. The molecule has 144 valence electrons. The Morgan fingerprint density at radius 1 is 1.15 bits per heavy atom. The third-order valence-electron chi connectivity index (χ3n) is 6.71. The topological polar surface area (TPSA) is 49.8 Å². The second kappa shape index (κ2) is 7.87. The minimum Gasteiger partial charge on any atom is -0.462 e. The average molecular weight is 380 g/mol. The summed E-state index contributed by atoms with van der Waals surface area (Å²) in [6.45, 7) is 0. The van der Waals surface area contributed by atoms with E-state index >= 15 is 0 Å². The highest BCUT2D eigenvalue weighted by atomic mass is 35.5. The van der Waals surface area contributed by atoms with Gasteiger partial charge in [0.1, 0.15) is 12.0 Å². The molecule has 0 aromatic heterocycles. The van der Waals surface area contributed by atoms with Crippen LogP contribution in [0.5, 0.6) is 0 Å². The van der Waals surface area contributed by atoms with Crippen LogP contribution in [-0.4, -0.2) is 46.8 Å². The Kier molecular flexibility index (Phi) is 5.95. The van der Waals surface area contributed by atoms with Gasteiger partial charge in [-0.3, -0.25) is 4.79 Å². The highest BCUT2D eigenvalue weighted by Gasteiger charge is 2.47. The summed E-state index contributed by atoms with van der Waals surface area (Å²) in [7, 11) is 2.19. The van der Waals surface area contributed by atoms with E-state index < -0.39 is 11.5 Å². The summed E-state index contributed by atoms with van der Waals surface area (Å²) >= 11 is 0. The number of carbonyl (C=O) groups excluding carboxylic acids is 1. The maximum Gasteiger partial charge on any atom is 0.316 e. The Morgan fingerprint density at radius 2 is 1.73 bits per heavy atom. The Morgan fingerprint density at radius 3 is 2.31 bits per heavy atom. The van der Waals surface area contributed by atoms with Crippen LogP contribution in [0.2, 0.25) is 0 Å². The number of carbonyl (C=O) groups is 1. The Balaban J connectivity index is 0.00000196. The summed E-state index contributed by atoms with van der Waals surface area (Å²) in [5, 5.41) is 11.2. The summed E-state index contributed by atoms with van der Waals surface area (Å²) in [6, 6.07) is 10.8. The van der Waals surface area contributed by atoms with Gasteiger partial charge in [-0.25, -0.2) is 0 Å². The first-order valence-corrected chi connectivity index (χ1v) is 9.76. The summed E-state index contributed by atoms with van der Waals surface area (Å²) in [5.74, 6) is -0.793. The van der Waals surface area contributed by atoms with E-state index in [4.69, 9.17) is 4.74 Å². The van der Waals surface area contributed by atoms with Crippen molar-refractivity contribution in [2.45, 2.75) is 81.1 Å². The number of esters is 1. The molecule has 1 aromatic carbocycles. The van der Waals surface area contributed by atoms with Crippen LogP contribution in [0.4, 0.5) is 0 Å². The molecule has 5 heteroatoms. The fourth-order valence-corrected chi connectivity index (χ4v) is 5.28. The molecule has 4 atom stereocenters. The van der Waals surface area contributed by atoms with Gasteiger partial charge in [0.15, 0.2) is 0 Å². The largest absolute Gasteiger partial charge is 0.462 e. The van der Waals surface area contributed by atoms with Crippen LogP contribution < -0.4 is 0 Å². The van der Waals surface area contributed by atoms with Crippen LogP contribution >= 0.6 is 12.4 Å². The first kappa shape index (κ1) is 19.7. The molecule has 4 rings (SSSR count). The van der Waals surface area contributed by atoms with E-state index in [-0.39, 0.29) is 24.5 Å². The van der Waals surface area contributed by atoms with Crippen LogP contribution in [0.15, 0.2) is 30.3 Å². The van der Waals surface area contributed by atoms with Gasteiger partial charge in [0.05, 0.1) is 5.60 Å². The molecule has 1 N–H and O–H groups in total. The van der Waals surface area contributed by atoms with Gasteiger partial charge in [0.2, 0.25) is 0 Å². The summed E-state index contributed by atoms with van der Waals surface area (Å²) in [4.78, 5) is 15.6. The quantitative estimate of drug-likeness (QED) is 0.811. The fourth-order valence-electron chi connectivity index (χ4n) is 5.28. The zero-order valence-electron chi connectivity index (χ0n) is 15.5. The number of halogens is 1. The Bertz CT molecular complexity index is 603. The minimum atomic E-state index is -0.955. The Labute approximate surface area is 162 Å². The smallest absolute Gasteiger partial charge is 0.316 e. The van der Waals surface area contributed by atoms with E-state index in [0.717, 1.165) is 31.2 Å². The van der Waals surface area contributed by atoms with Gasteiger partial charge in [0.25, 0.3) is 0 Å². The molecule has 4 nitrogen and oxygen atoms in total. The first-order chi connectivity index (χ1) is 12.1. The SMILES string of the molecule is CN1[C@@H]2CC[C@H]1CC(OC(=O)C(c1ccccc1)C1(O)CCCC1)C2.Cl. The fraction of sp³-hybridized carbons (Fsp3) is 0.667. The average Bonchev–Trinajstić information content (AvgIpc) is 3.09. The molecule has 2 heterocycles. The molecule has 2 bridgehead atoms.